The molecule has 0 fully saturated rings. The van der Waals surface area contributed by atoms with Crippen LogP contribution in [0.1, 0.15) is 31.2 Å². The second kappa shape index (κ2) is 4.41. The SMILES string of the molecule is Nc1ccc(N2C(=O)c3cccnc3C2=O)c(C(=O)O)c1. The summed E-state index contributed by atoms with van der Waals surface area (Å²) in [6, 6.07) is 6.97. The van der Waals surface area contributed by atoms with Crippen LogP contribution in [0.25, 0.3) is 0 Å². The highest BCUT2D eigenvalue weighted by molar-refractivity contribution is 6.34. The third kappa shape index (κ3) is 1.83. The van der Waals surface area contributed by atoms with Crippen molar-refractivity contribution < 1.29 is 19.5 Å². The standard InChI is InChI=1S/C14H9N3O4/c15-7-3-4-10(9(6-7)14(20)21)17-12(18)8-2-1-5-16-11(8)13(17)19/h1-6H,15H2,(H,20,21). The average molecular weight is 283 g/mol. The summed E-state index contributed by atoms with van der Waals surface area (Å²) in [5.41, 5.74) is 5.70. The van der Waals surface area contributed by atoms with E-state index < -0.39 is 17.8 Å². The Hall–Kier alpha value is -3.22. The van der Waals surface area contributed by atoms with E-state index in [0.717, 1.165) is 4.90 Å². The lowest BCUT2D eigenvalue weighted by Gasteiger charge is -2.16. The van der Waals surface area contributed by atoms with E-state index in [0.29, 0.717) is 0 Å². The normalized spacial score (nSPS) is 13.4. The number of hydrogen-bond acceptors (Lipinski definition) is 5. The fourth-order valence-electron chi connectivity index (χ4n) is 2.21. The number of aromatic carboxylic acids is 1. The molecule has 7 nitrogen and oxygen atoms in total. The number of nitrogens with two attached hydrogens (primary N) is 1. The Morgan fingerprint density at radius 3 is 2.62 bits per heavy atom. The number of rotatable bonds is 2. The van der Waals surface area contributed by atoms with Gasteiger partial charge in [-0.3, -0.25) is 14.6 Å². The molecule has 0 radical (unpaired) electrons. The van der Waals surface area contributed by atoms with Gasteiger partial charge in [0.25, 0.3) is 11.8 Å². The van der Waals surface area contributed by atoms with Crippen molar-refractivity contribution in [3.05, 3.63) is 53.3 Å². The number of aromatic nitrogens is 1. The predicted octanol–water partition coefficient (Wildman–Crippen LogP) is 1.16. The number of hydrogen-bond donors (Lipinski definition) is 2. The molecule has 1 aromatic heterocycles. The number of nitrogens with zero attached hydrogens (tertiary/aromatic N) is 2. The Bertz CT molecular complexity index is 766. The monoisotopic (exact) mass is 283 g/mol. The van der Waals surface area contributed by atoms with Crippen molar-refractivity contribution in [3.8, 4) is 0 Å². The number of benzene rings is 1. The van der Waals surface area contributed by atoms with Gasteiger partial charge in [-0.1, -0.05) is 0 Å². The lowest BCUT2D eigenvalue weighted by Crippen LogP contribution is -2.31. The van der Waals surface area contributed by atoms with Crippen LogP contribution in [0, 0.1) is 0 Å². The van der Waals surface area contributed by atoms with E-state index in [-0.39, 0.29) is 28.2 Å². The number of carbonyl (C=O) groups is 3. The van der Waals surface area contributed by atoms with Crippen molar-refractivity contribution in [3.63, 3.8) is 0 Å². The molecular weight excluding hydrogens is 274 g/mol. The van der Waals surface area contributed by atoms with E-state index in [1.54, 1.807) is 0 Å². The van der Waals surface area contributed by atoms with Crippen molar-refractivity contribution in [1.29, 1.82) is 0 Å². The molecule has 0 bridgehead atoms. The number of amides is 2. The van der Waals surface area contributed by atoms with E-state index in [1.807, 2.05) is 0 Å². The van der Waals surface area contributed by atoms with Gasteiger partial charge in [-0.05, 0) is 30.3 Å². The lowest BCUT2D eigenvalue weighted by molar-refractivity contribution is 0.0698. The van der Waals surface area contributed by atoms with Gasteiger partial charge in [0.05, 0.1) is 16.8 Å². The Kier molecular flexibility index (Phi) is 2.69. The van der Waals surface area contributed by atoms with Crippen LogP contribution < -0.4 is 10.6 Å². The molecule has 2 aromatic rings. The van der Waals surface area contributed by atoms with Crippen molar-refractivity contribution in [1.82, 2.24) is 4.98 Å². The van der Waals surface area contributed by atoms with Crippen LogP contribution in [0.2, 0.25) is 0 Å². The molecule has 0 atom stereocenters. The largest absolute Gasteiger partial charge is 0.478 e. The maximum atomic E-state index is 12.3. The number of fused-ring (bicyclic) bond motifs is 1. The van der Waals surface area contributed by atoms with E-state index in [9.17, 15) is 19.5 Å². The molecule has 21 heavy (non-hydrogen) atoms. The number of imide groups is 1. The summed E-state index contributed by atoms with van der Waals surface area (Å²) in [6.07, 6.45) is 1.40. The number of anilines is 2. The summed E-state index contributed by atoms with van der Waals surface area (Å²) < 4.78 is 0. The highest BCUT2D eigenvalue weighted by Crippen LogP contribution is 2.30. The van der Waals surface area contributed by atoms with Gasteiger partial charge >= 0.3 is 5.97 Å². The molecule has 0 aliphatic carbocycles. The van der Waals surface area contributed by atoms with Crippen molar-refractivity contribution in [2.45, 2.75) is 0 Å². The molecule has 1 aromatic carbocycles. The van der Waals surface area contributed by atoms with Gasteiger partial charge in [0.1, 0.15) is 5.69 Å². The quantitative estimate of drug-likeness (QED) is 0.631. The second-order valence-electron chi connectivity index (χ2n) is 4.43. The molecule has 0 saturated carbocycles. The van der Waals surface area contributed by atoms with Gasteiger partial charge < -0.3 is 10.8 Å². The minimum absolute atomic E-state index is 0.00987. The fourth-order valence-corrected chi connectivity index (χ4v) is 2.21. The topological polar surface area (TPSA) is 114 Å². The Morgan fingerprint density at radius 1 is 1.19 bits per heavy atom. The zero-order chi connectivity index (χ0) is 15.1. The van der Waals surface area contributed by atoms with Gasteiger partial charge in [0, 0.05) is 11.9 Å². The number of carboxylic acids is 1. The Balaban J connectivity index is 2.18. The van der Waals surface area contributed by atoms with Crippen molar-refractivity contribution in [2.75, 3.05) is 10.6 Å². The predicted molar refractivity (Wildman–Crippen MR) is 73.2 cm³/mol. The second-order valence-corrected chi connectivity index (χ2v) is 4.43. The molecule has 104 valence electrons. The molecule has 0 saturated heterocycles. The highest BCUT2D eigenvalue weighted by atomic mass is 16.4. The van der Waals surface area contributed by atoms with Crippen LogP contribution >= 0.6 is 0 Å². The van der Waals surface area contributed by atoms with Crippen LogP contribution in [0.3, 0.4) is 0 Å². The lowest BCUT2D eigenvalue weighted by atomic mass is 10.1. The maximum Gasteiger partial charge on any atom is 0.337 e. The third-order valence-electron chi connectivity index (χ3n) is 3.14. The summed E-state index contributed by atoms with van der Waals surface area (Å²) in [5, 5.41) is 9.22. The van der Waals surface area contributed by atoms with Gasteiger partial charge in [0.15, 0.2) is 0 Å². The number of carboxylic acid groups (broad SMARTS) is 1. The zero-order valence-electron chi connectivity index (χ0n) is 10.6. The first kappa shape index (κ1) is 12.8. The minimum atomic E-state index is -1.28. The summed E-state index contributed by atoms with van der Waals surface area (Å²) in [4.78, 5) is 40.6. The van der Waals surface area contributed by atoms with Gasteiger partial charge in [-0.15, -0.1) is 0 Å². The zero-order valence-corrected chi connectivity index (χ0v) is 10.6. The van der Waals surface area contributed by atoms with Gasteiger partial charge in [-0.2, -0.15) is 0 Å². The summed E-state index contributed by atoms with van der Waals surface area (Å²) in [7, 11) is 0. The summed E-state index contributed by atoms with van der Waals surface area (Å²) >= 11 is 0. The van der Waals surface area contributed by atoms with E-state index >= 15 is 0 Å². The van der Waals surface area contributed by atoms with Crippen LogP contribution in [-0.2, 0) is 0 Å². The molecular formula is C14H9N3O4. The average Bonchev–Trinajstić information content (AvgIpc) is 2.72. The molecule has 1 aliphatic heterocycles. The minimum Gasteiger partial charge on any atom is -0.478 e. The molecule has 2 amide bonds. The maximum absolute atomic E-state index is 12.3. The van der Waals surface area contributed by atoms with Crippen LogP contribution in [0.4, 0.5) is 11.4 Å². The number of pyridine rings is 1. The van der Waals surface area contributed by atoms with Crippen LogP contribution in [0.15, 0.2) is 36.5 Å². The highest BCUT2D eigenvalue weighted by Gasteiger charge is 2.39. The first-order valence-corrected chi connectivity index (χ1v) is 5.97. The summed E-state index contributed by atoms with van der Waals surface area (Å²) in [6.45, 7) is 0. The Morgan fingerprint density at radius 2 is 1.95 bits per heavy atom. The first-order valence-electron chi connectivity index (χ1n) is 5.97. The molecule has 3 N–H and O–H groups in total. The molecule has 0 spiro atoms. The molecule has 1 aliphatic rings. The molecule has 2 heterocycles. The van der Waals surface area contributed by atoms with Crippen LogP contribution in [0.5, 0.6) is 0 Å². The van der Waals surface area contributed by atoms with E-state index in [4.69, 9.17) is 5.73 Å². The number of nitrogen functional groups attached to an aromatic ring is 1. The Labute approximate surface area is 118 Å². The van der Waals surface area contributed by atoms with Gasteiger partial charge in [-0.25, -0.2) is 9.69 Å². The fraction of sp³-hybridized carbons (Fsp3) is 0. The smallest absolute Gasteiger partial charge is 0.337 e. The van der Waals surface area contributed by atoms with Crippen molar-refractivity contribution in [2.24, 2.45) is 0 Å². The van der Waals surface area contributed by atoms with E-state index in [2.05, 4.69) is 4.98 Å². The van der Waals surface area contributed by atoms with Crippen molar-refractivity contribution >= 4 is 29.2 Å². The first-order chi connectivity index (χ1) is 10.0. The van der Waals surface area contributed by atoms with Gasteiger partial charge in [0.2, 0.25) is 0 Å². The number of carbonyl (C=O) groups excluding carboxylic acids is 2. The molecule has 3 rings (SSSR count). The molecule has 0 unspecified atom stereocenters. The molecule has 7 heteroatoms. The van der Waals surface area contributed by atoms with Crippen LogP contribution in [-0.4, -0.2) is 27.9 Å². The third-order valence-corrected chi connectivity index (χ3v) is 3.14. The summed E-state index contributed by atoms with van der Waals surface area (Å²) in [5.74, 6) is -2.53. The van der Waals surface area contributed by atoms with E-state index in [1.165, 1.54) is 36.5 Å².